The molecule has 1 atom stereocenters. The predicted molar refractivity (Wildman–Crippen MR) is 67.9 cm³/mol. The third-order valence-corrected chi connectivity index (χ3v) is 3.12. The van der Waals surface area contributed by atoms with Gasteiger partial charge in [-0.3, -0.25) is 0 Å². The molecule has 18 heavy (non-hydrogen) atoms. The molecule has 1 aliphatic rings. The van der Waals surface area contributed by atoms with Crippen LogP contribution >= 0.6 is 0 Å². The van der Waals surface area contributed by atoms with Gasteiger partial charge in [-0.1, -0.05) is 0 Å². The number of ether oxygens (including phenoxy) is 1. The summed E-state index contributed by atoms with van der Waals surface area (Å²) in [6.07, 6.45) is 0.743. The van der Waals surface area contributed by atoms with Crippen LogP contribution in [-0.4, -0.2) is 19.3 Å². The van der Waals surface area contributed by atoms with Gasteiger partial charge < -0.3 is 15.8 Å². The first-order valence-electron chi connectivity index (χ1n) is 6.20. The van der Waals surface area contributed by atoms with E-state index in [2.05, 4.69) is 5.32 Å². The van der Waals surface area contributed by atoms with Crippen LogP contribution in [0.2, 0.25) is 0 Å². The average Bonchev–Trinajstić information content (AvgIpc) is 2.84. The largest absolute Gasteiger partial charge is 0.399 e. The number of rotatable bonds is 5. The SMILES string of the molecule is Nc1ccc(NCCC2CCCO2)c(C(F)F)c1. The topological polar surface area (TPSA) is 47.3 Å². The van der Waals surface area contributed by atoms with E-state index in [4.69, 9.17) is 10.5 Å². The fourth-order valence-corrected chi connectivity index (χ4v) is 2.16. The van der Waals surface area contributed by atoms with Crippen molar-refractivity contribution in [2.24, 2.45) is 0 Å². The Morgan fingerprint density at radius 3 is 2.94 bits per heavy atom. The molecule has 1 aliphatic heterocycles. The van der Waals surface area contributed by atoms with Gasteiger partial charge in [0.2, 0.25) is 0 Å². The molecule has 3 nitrogen and oxygen atoms in total. The van der Waals surface area contributed by atoms with Crippen molar-refractivity contribution in [3.05, 3.63) is 23.8 Å². The number of hydrogen-bond acceptors (Lipinski definition) is 3. The third kappa shape index (κ3) is 3.32. The molecule has 1 aromatic rings. The zero-order valence-electron chi connectivity index (χ0n) is 10.2. The first-order chi connectivity index (χ1) is 8.66. The molecule has 0 saturated carbocycles. The van der Waals surface area contributed by atoms with Gasteiger partial charge in [0, 0.05) is 30.1 Å². The van der Waals surface area contributed by atoms with Crippen molar-refractivity contribution in [1.82, 2.24) is 0 Å². The van der Waals surface area contributed by atoms with Gasteiger partial charge in [-0.15, -0.1) is 0 Å². The average molecular weight is 256 g/mol. The van der Waals surface area contributed by atoms with Crippen LogP contribution in [0, 0.1) is 0 Å². The van der Waals surface area contributed by atoms with Crippen molar-refractivity contribution in [1.29, 1.82) is 0 Å². The lowest BCUT2D eigenvalue weighted by atomic mass is 10.1. The molecule has 0 bridgehead atoms. The maximum Gasteiger partial charge on any atom is 0.265 e. The standard InChI is InChI=1S/C13H18F2N2O/c14-13(15)11-8-9(16)3-4-12(11)17-6-5-10-2-1-7-18-10/h3-4,8,10,13,17H,1-2,5-7,16H2. The summed E-state index contributed by atoms with van der Waals surface area (Å²) in [5, 5.41) is 3.03. The van der Waals surface area contributed by atoms with Crippen LogP contribution in [0.25, 0.3) is 0 Å². The molecule has 1 fully saturated rings. The van der Waals surface area contributed by atoms with Gasteiger partial charge in [0.05, 0.1) is 6.10 Å². The van der Waals surface area contributed by atoms with E-state index >= 15 is 0 Å². The zero-order chi connectivity index (χ0) is 13.0. The van der Waals surface area contributed by atoms with E-state index in [1.54, 1.807) is 12.1 Å². The summed E-state index contributed by atoms with van der Waals surface area (Å²) in [7, 11) is 0. The molecule has 0 spiro atoms. The maximum absolute atomic E-state index is 12.8. The van der Waals surface area contributed by atoms with Crippen LogP contribution in [0.4, 0.5) is 20.2 Å². The first-order valence-corrected chi connectivity index (χ1v) is 6.20. The smallest absolute Gasteiger partial charge is 0.265 e. The van der Waals surface area contributed by atoms with Gasteiger partial charge in [-0.25, -0.2) is 8.78 Å². The molecule has 3 N–H and O–H groups in total. The van der Waals surface area contributed by atoms with E-state index in [9.17, 15) is 8.78 Å². The fourth-order valence-electron chi connectivity index (χ4n) is 2.16. The summed E-state index contributed by atoms with van der Waals surface area (Å²) in [6, 6.07) is 4.55. The summed E-state index contributed by atoms with van der Waals surface area (Å²) in [5.74, 6) is 0. The van der Waals surface area contributed by atoms with Crippen molar-refractivity contribution in [2.75, 3.05) is 24.2 Å². The van der Waals surface area contributed by atoms with Crippen molar-refractivity contribution < 1.29 is 13.5 Å². The van der Waals surface area contributed by atoms with Gasteiger partial charge in [0.1, 0.15) is 0 Å². The molecule has 1 heterocycles. The second kappa shape index (κ2) is 6.00. The highest BCUT2D eigenvalue weighted by molar-refractivity contribution is 5.58. The summed E-state index contributed by atoms with van der Waals surface area (Å²) in [4.78, 5) is 0. The molecule has 0 radical (unpaired) electrons. The molecule has 1 saturated heterocycles. The molecule has 2 rings (SSSR count). The summed E-state index contributed by atoms with van der Waals surface area (Å²) in [6.45, 7) is 1.45. The number of alkyl halides is 2. The molecule has 0 amide bonds. The van der Waals surface area contributed by atoms with Crippen molar-refractivity contribution >= 4 is 11.4 Å². The quantitative estimate of drug-likeness (QED) is 0.795. The van der Waals surface area contributed by atoms with E-state index in [0.29, 0.717) is 17.9 Å². The summed E-state index contributed by atoms with van der Waals surface area (Å²) in [5.41, 5.74) is 6.29. The number of benzene rings is 1. The fraction of sp³-hybridized carbons (Fsp3) is 0.538. The Bertz CT molecular complexity index is 393. The third-order valence-electron chi connectivity index (χ3n) is 3.12. The number of nitrogens with two attached hydrogens (primary N) is 1. The Labute approximate surface area is 105 Å². The Morgan fingerprint density at radius 2 is 2.28 bits per heavy atom. The normalized spacial score (nSPS) is 19.4. The first kappa shape index (κ1) is 13.1. The van der Waals surface area contributed by atoms with Crippen LogP contribution in [0.1, 0.15) is 31.3 Å². The minimum atomic E-state index is -2.52. The molecular weight excluding hydrogens is 238 g/mol. The van der Waals surface area contributed by atoms with Crippen LogP contribution in [-0.2, 0) is 4.74 Å². The minimum absolute atomic E-state index is 0.0395. The lowest BCUT2D eigenvalue weighted by Gasteiger charge is -2.14. The summed E-state index contributed by atoms with van der Waals surface area (Å²) < 4.78 is 31.1. The van der Waals surface area contributed by atoms with Gasteiger partial charge in [0.15, 0.2) is 0 Å². The van der Waals surface area contributed by atoms with Crippen LogP contribution < -0.4 is 11.1 Å². The van der Waals surface area contributed by atoms with E-state index in [1.165, 1.54) is 6.07 Å². The van der Waals surface area contributed by atoms with Crippen molar-refractivity contribution in [2.45, 2.75) is 31.8 Å². The molecule has 1 aromatic carbocycles. The monoisotopic (exact) mass is 256 g/mol. The second-order valence-electron chi connectivity index (χ2n) is 4.50. The Hall–Kier alpha value is -1.36. The Kier molecular flexibility index (Phi) is 4.36. The number of anilines is 2. The number of nitrogen functional groups attached to an aromatic ring is 1. The predicted octanol–water partition coefficient (Wildman–Crippen LogP) is 3.19. The lowest BCUT2D eigenvalue weighted by Crippen LogP contribution is -2.13. The Morgan fingerprint density at radius 1 is 1.44 bits per heavy atom. The lowest BCUT2D eigenvalue weighted by molar-refractivity contribution is 0.107. The highest BCUT2D eigenvalue weighted by atomic mass is 19.3. The van der Waals surface area contributed by atoms with Crippen molar-refractivity contribution in [3.63, 3.8) is 0 Å². The minimum Gasteiger partial charge on any atom is -0.399 e. The van der Waals surface area contributed by atoms with Crippen LogP contribution in [0.5, 0.6) is 0 Å². The van der Waals surface area contributed by atoms with Gasteiger partial charge in [-0.05, 0) is 37.5 Å². The van der Waals surface area contributed by atoms with Crippen LogP contribution in [0.15, 0.2) is 18.2 Å². The van der Waals surface area contributed by atoms with E-state index in [1.807, 2.05) is 0 Å². The molecule has 1 unspecified atom stereocenters. The molecule has 100 valence electrons. The van der Waals surface area contributed by atoms with Crippen LogP contribution in [0.3, 0.4) is 0 Å². The molecular formula is C13H18F2N2O. The van der Waals surface area contributed by atoms with Gasteiger partial charge in [-0.2, -0.15) is 0 Å². The van der Waals surface area contributed by atoms with E-state index in [-0.39, 0.29) is 11.7 Å². The summed E-state index contributed by atoms with van der Waals surface area (Å²) >= 11 is 0. The number of nitrogens with one attached hydrogen (secondary N) is 1. The highest BCUT2D eigenvalue weighted by Gasteiger charge is 2.16. The molecule has 5 heteroatoms. The Balaban J connectivity index is 1.91. The molecule has 0 aromatic heterocycles. The maximum atomic E-state index is 12.8. The molecule has 0 aliphatic carbocycles. The van der Waals surface area contributed by atoms with E-state index in [0.717, 1.165) is 25.9 Å². The van der Waals surface area contributed by atoms with Gasteiger partial charge in [0.25, 0.3) is 6.43 Å². The van der Waals surface area contributed by atoms with Crippen molar-refractivity contribution in [3.8, 4) is 0 Å². The highest BCUT2D eigenvalue weighted by Crippen LogP contribution is 2.29. The zero-order valence-corrected chi connectivity index (χ0v) is 10.2. The number of hydrogen-bond donors (Lipinski definition) is 2. The van der Waals surface area contributed by atoms with E-state index < -0.39 is 6.43 Å². The number of halogens is 2. The van der Waals surface area contributed by atoms with Gasteiger partial charge >= 0.3 is 0 Å². The second-order valence-corrected chi connectivity index (χ2v) is 4.50.